The van der Waals surface area contributed by atoms with Gasteiger partial charge in [-0.3, -0.25) is 4.90 Å². The summed E-state index contributed by atoms with van der Waals surface area (Å²) in [6, 6.07) is 0.985. The fourth-order valence-corrected chi connectivity index (χ4v) is 3.50. The highest BCUT2D eigenvalue weighted by Crippen LogP contribution is 2.24. The molecule has 2 rings (SSSR count). The topological polar surface area (TPSA) is 44.8 Å². The van der Waals surface area contributed by atoms with Crippen LogP contribution in [0.2, 0.25) is 0 Å². The zero-order valence-electron chi connectivity index (χ0n) is 14.7. The summed E-state index contributed by atoms with van der Waals surface area (Å²) in [6.07, 6.45) is 4.24. The van der Waals surface area contributed by atoms with Crippen LogP contribution < -0.4 is 5.32 Å². The Balaban J connectivity index is 1.69. The van der Waals surface area contributed by atoms with Gasteiger partial charge in [-0.2, -0.15) is 0 Å². The van der Waals surface area contributed by atoms with Gasteiger partial charge in [0.05, 0.1) is 0 Å². The molecule has 0 radical (unpaired) electrons. The SMILES string of the molecule is CCN1CCN([C@H]2CC[C@@H](NC(=O)OC(C)(C)C)CC2)CC1. The highest BCUT2D eigenvalue weighted by atomic mass is 16.6. The van der Waals surface area contributed by atoms with E-state index in [1.807, 2.05) is 20.8 Å². The smallest absolute Gasteiger partial charge is 0.407 e. The van der Waals surface area contributed by atoms with Crippen LogP contribution in [0.5, 0.6) is 0 Å². The monoisotopic (exact) mass is 311 g/mol. The molecule has 5 nitrogen and oxygen atoms in total. The van der Waals surface area contributed by atoms with Gasteiger partial charge in [-0.05, 0) is 53.0 Å². The van der Waals surface area contributed by atoms with E-state index in [-0.39, 0.29) is 12.1 Å². The molecule has 2 aliphatic rings. The Morgan fingerprint density at radius 1 is 1.09 bits per heavy atom. The van der Waals surface area contributed by atoms with Crippen LogP contribution in [0.15, 0.2) is 0 Å². The first-order valence-electron chi connectivity index (χ1n) is 8.83. The molecule has 128 valence electrons. The van der Waals surface area contributed by atoms with Gasteiger partial charge in [0.15, 0.2) is 0 Å². The van der Waals surface area contributed by atoms with Gasteiger partial charge in [-0.1, -0.05) is 6.92 Å². The maximum Gasteiger partial charge on any atom is 0.407 e. The van der Waals surface area contributed by atoms with Crippen molar-refractivity contribution in [1.29, 1.82) is 0 Å². The van der Waals surface area contributed by atoms with Gasteiger partial charge in [0.2, 0.25) is 0 Å². The molecule has 2 fully saturated rings. The van der Waals surface area contributed by atoms with Crippen LogP contribution in [-0.4, -0.2) is 66.3 Å². The van der Waals surface area contributed by atoms with E-state index >= 15 is 0 Å². The number of rotatable bonds is 3. The molecule has 0 bridgehead atoms. The van der Waals surface area contributed by atoms with Crippen molar-refractivity contribution in [2.75, 3.05) is 32.7 Å². The molecule has 22 heavy (non-hydrogen) atoms. The van der Waals surface area contributed by atoms with E-state index in [0.717, 1.165) is 12.8 Å². The van der Waals surface area contributed by atoms with E-state index in [1.165, 1.54) is 45.6 Å². The van der Waals surface area contributed by atoms with E-state index in [4.69, 9.17) is 4.74 Å². The van der Waals surface area contributed by atoms with Gasteiger partial charge < -0.3 is 15.0 Å². The lowest BCUT2D eigenvalue weighted by atomic mass is 9.90. The molecule has 1 aliphatic carbocycles. The van der Waals surface area contributed by atoms with Crippen LogP contribution in [0.1, 0.15) is 53.4 Å². The Hall–Kier alpha value is -0.810. The molecule has 0 atom stereocenters. The molecule has 1 saturated heterocycles. The Morgan fingerprint density at radius 3 is 2.18 bits per heavy atom. The second-order valence-corrected chi connectivity index (χ2v) is 7.62. The summed E-state index contributed by atoms with van der Waals surface area (Å²) >= 11 is 0. The highest BCUT2D eigenvalue weighted by molar-refractivity contribution is 5.68. The number of ether oxygens (including phenoxy) is 1. The number of likely N-dealkylation sites (N-methyl/N-ethyl adjacent to an activating group) is 1. The number of hydrogen-bond acceptors (Lipinski definition) is 4. The summed E-state index contributed by atoms with van der Waals surface area (Å²) in [6.45, 7) is 13.9. The molecule has 0 unspecified atom stereocenters. The Kier molecular flexibility index (Phi) is 6.09. The molecule has 1 N–H and O–H groups in total. The third kappa shape index (κ3) is 5.43. The van der Waals surface area contributed by atoms with Crippen LogP contribution >= 0.6 is 0 Å². The van der Waals surface area contributed by atoms with E-state index in [2.05, 4.69) is 22.0 Å². The van der Waals surface area contributed by atoms with Crippen LogP contribution in [0, 0.1) is 0 Å². The number of piperazine rings is 1. The lowest BCUT2D eigenvalue weighted by Crippen LogP contribution is -2.52. The normalized spacial score (nSPS) is 28.4. The van der Waals surface area contributed by atoms with Gasteiger partial charge in [0.1, 0.15) is 5.60 Å². The summed E-state index contributed by atoms with van der Waals surface area (Å²) in [7, 11) is 0. The number of carbonyl (C=O) groups excluding carboxylic acids is 1. The van der Waals surface area contributed by atoms with E-state index in [0.29, 0.717) is 6.04 Å². The minimum Gasteiger partial charge on any atom is -0.444 e. The van der Waals surface area contributed by atoms with E-state index in [1.54, 1.807) is 0 Å². The van der Waals surface area contributed by atoms with Crippen LogP contribution in [0.3, 0.4) is 0 Å². The average Bonchev–Trinajstić information content (AvgIpc) is 2.46. The van der Waals surface area contributed by atoms with Crippen LogP contribution in [-0.2, 0) is 4.74 Å². The van der Waals surface area contributed by atoms with Gasteiger partial charge >= 0.3 is 6.09 Å². The van der Waals surface area contributed by atoms with Crippen molar-refractivity contribution in [2.24, 2.45) is 0 Å². The van der Waals surface area contributed by atoms with E-state index in [9.17, 15) is 4.79 Å². The first-order chi connectivity index (χ1) is 10.4. The maximum atomic E-state index is 11.8. The van der Waals surface area contributed by atoms with E-state index < -0.39 is 5.60 Å². The van der Waals surface area contributed by atoms with Crippen molar-refractivity contribution in [3.63, 3.8) is 0 Å². The number of hydrogen-bond donors (Lipinski definition) is 1. The highest BCUT2D eigenvalue weighted by Gasteiger charge is 2.29. The van der Waals surface area contributed by atoms with Crippen molar-refractivity contribution in [3.8, 4) is 0 Å². The van der Waals surface area contributed by atoms with Crippen LogP contribution in [0.25, 0.3) is 0 Å². The molecule has 0 aromatic heterocycles. The Labute approximate surface area is 135 Å². The second kappa shape index (κ2) is 7.64. The third-order valence-electron chi connectivity index (χ3n) is 4.79. The summed E-state index contributed by atoms with van der Waals surface area (Å²) < 4.78 is 5.34. The van der Waals surface area contributed by atoms with Crippen molar-refractivity contribution < 1.29 is 9.53 Å². The van der Waals surface area contributed by atoms with Gasteiger partial charge in [0.25, 0.3) is 0 Å². The molecule has 1 aliphatic heterocycles. The van der Waals surface area contributed by atoms with Crippen molar-refractivity contribution in [3.05, 3.63) is 0 Å². The largest absolute Gasteiger partial charge is 0.444 e. The number of nitrogens with one attached hydrogen (secondary N) is 1. The molecule has 0 aromatic carbocycles. The van der Waals surface area contributed by atoms with Gasteiger partial charge in [-0.15, -0.1) is 0 Å². The maximum absolute atomic E-state index is 11.8. The number of nitrogens with zero attached hydrogens (tertiary/aromatic N) is 2. The fourth-order valence-electron chi connectivity index (χ4n) is 3.50. The number of carbonyl (C=O) groups is 1. The quantitative estimate of drug-likeness (QED) is 0.869. The molecule has 1 saturated carbocycles. The molecule has 0 spiro atoms. The summed E-state index contributed by atoms with van der Waals surface area (Å²) in [5, 5.41) is 3.03. The Bertz CT molecular complexity index is 351. The summed E-state index contributed by atoms with van der Waals surface area (Å²) in [5.74, 6) is 0. The lowest BCUT2D eigenvalue weighted by molar-refractivity contribution is 0.0453. The number of alkyl carbamates (subject to hydrolysis) is 1. The fraction of sp³-hybridized carbons (Fsp3) is 0.941. The Morgan fingerprint density at radius 2 is 1.68 bits per heavy atom. The van der Waals surface area contributed by atoms with Gasteiger partial charge in [0, 0.05) is 38.3 Å². The standard InChI is InChI=1S/C17H33N3O2/c1-5-19-10-12-20(13-11-19)15-8-6-14(7-9-15)18-16(21)22-17(2,3)4/h14-15H,5-13H2,1-4H3,(H,18,21)/t14-,15+. The first kappa shape index (κ1) is 17.5. The summed E-state index contributed by atoms with van der Waals surface area (Å²) in [5.41, 5.74) is -0.416. The van der Waals surface area contributed by atoms with Crippen molar-refractivity contribution >= 4 is 6.09 Å². The molecule has 0 aromatic rings. The first-order valence-corrected chi connectivity index (χ1v) is 8.83. The minimum atomic E-state index is -0.416. The van der Waals surface area contributed by atoms with Crippen molar-refractivity contribution in [2.45, 2.75) is 71.1 Å². The van der Waals surface area contributed by atoms with Crippen LogP contribution in [0.4, 0.5) is 4.79 Å². The zero-order valence-corrected chi connectivity index (χ0v) is 14.7. The lowest BCUT2D eigenvalue weighted by Gasteiger charge is -2.41. The second-order valence-electron chi connectivity index (χ2n) is 7.62. The predicted molar refractivity (Wildman–Crippen MR) is 89.1 cm³/mol. The molecular weight excluding hydrogens is 278 g/mol. The predicted octanol–water partition coefficient (Wildman–Crippen LogP) is 2.46. The minimum absolute atomic E-state index is 0.271. The molecule has 1 amide bonds. The zero-order chi connectivity index (χ0) is 16.2. The summed E-state index contributed by atoms with van der Waals surface area (Å²) in [4.78, 5) is 17.0. The third-order valence-corrected chi connectivity index (χ3v) is 4.79. The average molecular weight is 311 g/mol. The molecular formula is C17H33N3O2. The molecule has 5 heteroatoms. The van der Waals surface area contributed by atoms with Gasteiger partial charge in [-0.25, -0.2) is 4.79 Å². The number of amides is 1. The molecule has 1 heterocycles. The van der Waals surface area contributed by atoms with Crippen molar-refractivity contribution in [1.82, 2.24) is 15.1 Å².